The zero-order valence-electron chi connectivity index (χ0n) is 12.1. The average molecular weight is 307 g/mol. The number of aromatic nitrogens is 2. The lowest BCUT2D eigenvalue weighted by atomic mass is 10.2. The molecule has 5 heteroatoms. The molecule has 1 aliphatic rings. The Morgan fingerprint density at radius 3 is 2.75 bits per heavy atom. The van der Waals surface area contributed by atoms with Crippen molar-refractivity contribution in [3.8, 4) is 0 Å². The smallest absolute Gasteiger partial charge is 0.121 e. The Hall–Kier alpha value is -0.650. The number of rotatable bonds is 3. The molecule has 0 amide bonds. The number of para-hydroxylation sites is 1. The van der Waals surface area contributed by atoms with Crippen LogP contribution in [-0.2, 0) is 6.54 Å². The van der Waals surface area contributed by atoms with E-state index in [1.165, 1.54) is 28.6 Å². The van der Waals surface area contributed by atoms with Gasteiger partial charge in [0.25, 0.3) is 0 Å². The van der Waals surface area contributed by atoms with Crippen molar-refractivity contribution in [1.29, 1.82) is 0 Å². The van der Waals surface area contributed by atoms with E-state index >= 15 is 0 Å². The third-order valence-electron chi connectivity index (χ3n) is 3.78. The zero-order valence-corrected chi connectivity index (χ0v) is 13.7. The normalized spacial score (nSPS) is 17.8. The molecule has 0 spiro atoms. The average Bonchev–Trinajstić information content (AvgIpc) is 2.67. The first-order chi connectivity index (χ1) is 9.74. The van der Waals surface area contributed by atoms with Gasteiger partial charge < -0.3 is 4.98 Å². The molecule has 0 aliphatic carbocycles. The first-order valence-corrected chi connectivity index (χ1v) is 9.35. The van der Waals surface area contributed by atoms with Crippen LogP contribution < -0.4 is 0 Å². The summed E-state index contributed by atoms with van der Waals surface area (Å²) in [7, 11) is 2.22. The minimum Gasteiger partial charge on any atom is -0.341 e. The summed E-state index contributed by atoms with van der Waals surface area (Å²) in [6.07, 6.45) is 0. The van der Waals surface area contributed by atoms with Crippen molar-refractivity contribution >= 4 is 34.6 Å². The summed E-state index contributed by atoms with van der Waals surface area (Å²) in [6.45, 7) is 3.02. The molecule has 1 aromatic carbocycles. The van der Waals surface area contributed by atoms with E-state index in [0.717, 1.165) is 23.4 Å². The van der Waals surface area contributed by atoms with E-state index in [1.54, 1.807) is 0 Å². The lowest BCUT2D eigenvalue weighted by Crippen LogP contribution is -2.35. The van der Waals surface area contributed by atoms with Gasteiger partial charge in [-0.25, -0.2) is 4.98 Å². The largest absolute Gasteiger partial charge is 0.341 e. The second-order valence-electron chi connectivity index (χ2n) is 5.37. The summed E-state index contributed by atoms with van der Waals surface area (Å²) in [5, 5.41) is 0. The fraction of sp³-hybridized carbons (Fsp3) is 0.533. The zero-order chi connectivity index (χ0) is 13.9. The van der Waals surface area contributed by atoms with Crippen LogP contribution in [0.5, 0.6) is 0 Å². The van der Waals surface area contributed by atoms with E-state index in [0.29, 0.717) is 6.04 Å². The standard InChI is InChI=1S/C15H21N3S2/c1-11-4-3-5-13-15(11)17-14(16-13)8-18(2)12-9-19-6-7-20-10-12/h3-5,12H,6-10H2,1-2H3,(H,16,17). The van der Waals surface area contributed by atoms with Gasteiger partial charge in [-0.05, 0) is 25.6 Å². The molecule has 0 bridgehead atoms. The Morgan fingerprint density at radius 2 is 2.05 bits per heavy atom. The van der Waals surface area contributed by atoms with Gasteiger partial charge in [-0.1, -0.05) is 12.1 Å². The Morgan fingerprint density at radius 1 is 1.30 bits per heavy atom. The number of hydrogen-bond acceptors (Lipinski definition) is 4. The van der Waals surface area contributed by atoms with Crippen LogP contribution in [0.25, 0.3) is 11.0 Å². The molecule has 0 atom stereocenters. The SMILES string of the molecule is Cc1cccc2[nH]c(CN(C)C3CSCCSC3)nc12. The first-order valence-electron chi connectivity index (χ1n) is 7.04. The van der Waals surface area contributed by atoms with Crippen LogP contribution in [0.4, 0.5) is 0 Å². The highest BCUT2D eigenvalue weighted by atomic mass is 32.2. The van der Waals surface area contributed by atoms with Gasteiger partial charge >= 0.3 is 0 Å². The fourth-order valence-electron chi connectivity index (χ4n) is 2.53. The Bertz CT molecular complexity index is 574. The topological polar surface area (TPSA) is 31.9 Å². The van der Waals surface area contributed by atoms with Crippen LogP contribution in [0, 0.1) is 6.92 Å². The number of H-pyrrole nitrogens is 1. The van der Waals surface area contributed by atoms with E-state index in [2.05, 4.69) is 65.6 Å². The molecule has 0 saturated carbocycles. The maximum absolute atomic E-state index is 4.76. The molecule has 3 rings (SSSR count). The first kappa shape index (κ1) is 14.3. The Labute approximate surface area is 128 Å². The van der Waals surface area contributed by atoms with Gasteiger partial charge in [0.05, 0.1) is 17.6 Å². The summed E-state index contributed by atoms with van der Waals surface area (Å²) < 4.78 is 0. The number of aryl methyl sites for hydroxylation is 1. The van der Waals surface area contributed by atoms with Gasteiger partial charge in [-0.2, -0.15) is 23.5 Å². The van der Waals surface area contributed by atoms with Gasteiger partial charge in [-0.15, -0.1) is 0 Å². The Kier molecular flexibility index (Phi) is 4.58. The predicted octanol–water partition coefficient (Wildman–Crippen LogP) is 3.15. The van der Waals surface area contributed by atoms with E-state index in [4.69, 9.17) is 4.98 Å². The number of nitrogens with one attached hydrogen (secondary N) is 1. The molecule has 1 saturated heterocycles. The van der Waals surface area contributed by atoms with Gasteiger partial charge in [0, 0.05) is 29.1 Å². The second kappa shape index (κ2) is 6.41. The highest BCUT2D eigenvalue weighted by molar-refractivity contribution is 8.03. The van der Waals surface area contributed by atoms with Crippen LogP contribution in [0.1, 0.15) is 11.4 Å². The minimum atomic E-state index is 0.654. The number of aromatic amines is 1. The molecular formula is C15H21N3S2. The van der Waals surface area contributed by atoms with Crippen molar-refractivity contribution in [3.05, 3.63) is 29.6 Å². The van der Waals surface area contributed by atoms with E-state index in [1.807, 2.05) is 0 Å². The summed E-state index contributed by atoms with van der Waals surface area (Å²) >= 11 is 4.15. The lowest BCUT2D eigenvalue weighted by molar-refractivity contribution is 0.268. The van der Waals surface area contributed by atoms with E-state index < -0.39 is 0 Å². The van der Waals surface area contributed by atoms with Crippen LogP contribution in [0.3, 0.4) is 0 Å². The quantitative estimate of drug-likeness (QED) is 0.944. The maximum Gasteiger partial charge on any atom is 0.121 e. The molecule has 1 aliphatic heterocycles. The van der Waals surface area contributed by atoms with Crippen molar-refractivity contribution in [2.75, 3.05) is 30.1 Å². The molecule has 1 aromatic heterocycles. The third-order valence-corrected chi connectivity index (χ3v) is 6.26. The molecule has 2 heterocycles. The molecular weight excluding hydrogens is 286 g/mol. The monoisotopic (exact) mass is 307 g/mol. The number of fused-ring (bicyclic) bond motifs is 1. The highest BCUT2D eigenvalue weighted by Gasteiger charge is 2.18. The number of thioether (sulfide) groups is 2. The van der Waals surface area contributed by atoms with Crippen LogP contribution >= 0.6 is 23.5 Å². The second-order valence-corrected chi connectivity index (χ2v) is 7.67. The molecule has 0 radical (unpaired) electrons. The third kappa shape index (κ3) is 3.15. The van der Waals surface area contributed by atoms with E-state index in [9.17, 15) is 0 Å². The summed E-state index contributed by atoms with van der Waals surface area (Å²) in [5.41, 5.74) is 3.51. The van der Waals surface area contributed by atoms with E-state index in [-0.39, 0.29) is 0 Å². The fourth-order valence-corrected chi connectivity index (χ4v) is 5.24. The lowest BCUT2D eigenvalue weighted by Gasteiger charge is -2.25. The number of nitrogens with zero attached hydrogens (tertiary/aromatic N) is 2. The minimum absolute atomic E-state index is 0.654. The maximum atomic E-state index is 4.76. The highest BCUT2D eigenvalue weighted by Crippen LogP contribution is 2.21. The van der Waals surface area contributed by atoms with Crippen LogP contribution in [-0.4, -0.2) is 51.0 Å². The van der Waals surface area contributed by atoms with Crippen molar-refractivity contribution in [3.63, 3.8) is 0 Å². The molecule has 20 heavy (non-hydrogen) atoms. The molecule has 2 aromatic rings. The van der Waals surface area contributed by atoms with Gasteiger partial charge in [0.1, 0.15) is 5.82 Å². The summed E-state index contributed by atoms with van der Waals surface area (Å²) in [4.78, 5) is 10.7. The number of imidazole rings is 1. The number of hydrogen-bond donors (Lipinski definition) is 1. The molecule has 3 nitrogen and oxygen atoms in total. The van der Waals surface area contributed by atoms with Crippen molar-refractivity contribution in [2.45, 2.75) is 19.5 Å². The predicted molar refractivity (Wildman–Crippen MR) is 90.7 cm³/mol. The number of benzene rings is 1. The van der Waals surface area contributed by atoms with Gasteiger partial charge in [0.2, 0.25) is 0 Å². The van der Waals surface area contributed by atoms with Crippen LogP contribution in [0.2, 0.25) is 0 Å². The van der Waals surface area contributed by atoms with Gasteiger partial charge in [0.15, 0.2) is 0 Å². The van der Waals surface area contributed by atoms with Gasteiger partial charge in [-0.3, -0.25) is 4.90 Å². The Balaban J connectivity index is 1.73. The summed E-state index contributed by atoms with van der Waals surface area (Å²) in [5.74, 6) is 6.14. The molecule has 1 fully saturated rings. The van der Waals surface area contributed by atoms with Crippen molar-refractivity contribution in [2.24, 2.45) is 0 Å². The molecule has 1 N–H and O–H groups in total. The van der Waals surface area contributed by atoms with Crippen LogP contribution in [0.15, 0.2) is 18.2 Å². The molecule has 0 unspecified atom stereocenters. The van der Waals surface area contributed by atoms with Crippen molar-refractivity contribution < 1.29 is 0 Å². The van der Waals surface area contributed by atoms with Crippen molar-refractivity contribution in [1.82, 2.24) is 14.9 Å². The molecule has 108 valence electrons. The summed E-state index contributed by atoms with van der Waals surface area (Å²) in [6, 6.07) is 6.97.